The molecule has 0 atom stereocenters. The van der Waals surface area contributed by atoms with Crippen molar-refractivity contribution in [2.45, 2.75) is 70.9 Å². The highest BCUT2D eigenvalue weighted by Crippen LogP contribution is 2.39. The molecule has 2 heterocycles. The third-order valence-corrected chi connectivity index (χ3v) is 8.48. The number of carbonyl (C=O) groups excluding carboxylic acids is 2. The molecule has 1 fully saturated rings. The van der Waals surface area contributed by atoms with E-state index in [1.807, 2.05) is 16.9 Å². The summed E-state index contributed by atoms with van der Waals surface area (Å²) in [6.07, 6.45) is 11.5. The fraction of sp³-hybridized carbons (Fsp3) is 0.500. The first-order valence-corrected chi connectivity index (χ1v) is 16.0. The highest BCUT2D eigenvalue weighted by Gasteiger charge is 2.25. The Labute approximate surface area is 259 Å². The topological polar surface area (TPSA) is 118 Å². The number of amides is 2. The normalized spacial score (nSPS) is 15.0. The second kappa shape index (κ2) is 15.7. The lowest BCUT2D eigenvalue weighted by Gasteiger charge is -2.34. The van der Waals surface area contributed by atoms with E-state index in [0.717, 1.165) is 42.5 Å². The first kappa shape index (κ1) is 31.5. The number of hydrogen-bond acceptors (Lipinski definition) is 7. The molecule has 0 bridgehead atoms. The highest BCUT2D eigenvalue weighted by atomic mass is 16.5. The van der Waals surface area contributed by atoms with Gasteiger partial charge in [0.05, 0.1) is 25.8 Å². The number of phenolic OH excluding ortho intramolecular Hbond substituents is 1. The maximum atomic E-state index is 13.3. The summed E-state index contributed by atoms with van der Waals surface area (Å²) in [5.41, 5.74) is 4.72. The van der Waals surface area contributed by atoms with E-state index in [4.69, 9.17) is 9.47 Å². The van der Waals surface area contributed by atoms with E-state index in [0.29, 0.717) is 63.2 Å². The molecule has 2 amide bonds. The monoisotopic (exact) mass is 603 g/mol. The number of aromatic nitrogens is 2. The quantitative estimate of drug-likeness (QED) is 0.172. The van der Waals surface area contributed by atoms with E-state index in [1.165, 1.54) is 24.8 Å². The number of nitrogens with zero attached hydrogens (tertiary/aromatic N) is 3. The molecular formula is C34H45N5O5. The van der Waals surface area contributed by atoms with E-state index in [1.54, 1.807) is 6.07 Å². The molecule has 3 aromatic rings. The Morgan fingerprint density at radius 1 is 1.14 bits per heavy atom. The van der Waals surface area contributed by atoms with Crippen molar-refractivity contribution in [2.24, 2.45) is 0 Å². The summed E-state index contributed by atoms with van der Waals surface area (Å²) in [6.45, 7) is 5.89. The lowest BCUT2D eigenvalue weighted by molar-refractivity contribution is -0.135. The maximum Gasteiger partial charge on any atom is 0.262 e. The van der Waals surface area contributed by atoms with Crippen molar-refractivity contribution in [2.75, 3.05) is 44.8 Å². The van der Waals surface area contributed by atoms with E-state index in [2.05, 4.69) is 58.0 Å². The number of rotatable bonds is 15. The third kappa shape index (κ3) is 8.39. The van der Waals surface area contributed by atoms with Crippen LogP contribution in [0.2, 0.25) is 0 Å². The van der Waals surface area contributed by atoms with E-state index in [-0.39, 0.29) is 24.2 Å². The van der Waals surface area contributed by atoms with Crippen LogP contribution >= 0.6 is 0 Å². The van der Waals surface area contributed by atoms with Gasteiger partial charge in [-0.2, -0.15) is 5.10 Å². The summed E-state index contributed by atoms with van der Waals surface area (Å²) in [7, 11) is 0. The lowest BCUT2D eigenvalue weighted by atomic mass is 9.94. The number of hydrogen-bond donors (Lipinski definition) is 3. The predicted octanol–water partition coefficient (Wildman–Crippen LogP) is 4.55. The smallest absolute Gasteiger partial charge is 0.262 e. The number of carbonyl (C=O) groups is 2. The van der Waals surface area contributed by atoms with Gasteiger partial charge in [-0.25, -0.2) is 0 Å². The summed E-state index contributed by atoms with van der Waals surface area (Å²) in [6, 6.07) is 12.2. The van der Waals surface area contributed by atoms with Gasteiger partial charge in [-0.3, -0.25) is 14.3 Å². The molecule has 0 spiro atoms. The van der Waals surface area contributed by atoms with Gasteiger partial charge in [0.2, 0.25) is 5.91 Å². The van der Waals surface area contributed by atoms with Gasteiger partial charge in [0.1, 0.15) is 11.4 Å². The molecule has 10 nitrogen and oxygen atoms in total. The largest absolute Gasteiger partial charge is 0.506 e. The zero-order chi connectivity index (χ0) is 30.7. The first-order valence-electron chi connectivity index (χ1n) is 16.0. The third-order valence-electron chi connectivity index (χ3n) is 8.48. The number of ether oxygens (including phenoxy) is 2. The molecule has 236 valence electrons. The Morgan fingerprint density at radius 3 is 2.82 bits per heavy atom. The molecule has 10 heteroatoms. The molecular weight excluding hydrogens is 558 g/mol. The van der Waals surface area contributed by atoms with Gasteiger partial charge in [-0.05, 0) is 61.9 Å². The molecule has 1 aromatic heterocycles. The molecule has 44 heavy (non-hydrogen) atoms. The number of nitrogens with one attached hydrogen (secondary N) is 2. The Hall–Kier alpha value is -3.89. The number of phenols is 1. The predicted molar refractivity (Wildman–Crippen MR) is 170 cm³/mol. The molecule has 5 rings (SSSR count). The minimum absolute atomic E-state index is 0.000742. The summed E-state index contributed by atoms with van der Waals surface area (Å²) < 4.78 is 13.5. The van der Waals surface area contributed by atoms with Crippen LogP contribution in [0.25, 0.3) is 11.1 Å². The van der Waals surface area contributed by atoms with Crippen LogP contribution in [0.4, 0.5) is 5.69 Å². The van der Waals surface area contributed by atoms with E-state index in [9.17, 15) is 14.7 Å². The highest BCUT2D eigenvalue weighted by molar-refractivity contribution is 5.97. The van der Waals surface area contributed by atoms with Crippen molar-refractivity contribution in [3.05, 3.63) is 59.9 Å². The minimum atomic E-state index is -0.275. The van der Waals surface area contributed by atoms with Crippen LogP contribution in [-0.2, 0) is 33.7 Å². The van der Waals surface area contributed by atoms with Crippen molar-refractivity contribution in [1.29, 1.82) is 0 Å². The minimum Gasteiger partial charge on any atom is -0.506 e. The van der Waals surface area contributed by atoms with Crippen LogP contribution in [0.1, 0.15) is 56.6 Å². The van der Waals surface area contributed by atoms with Gasteiger partial charge in [-0.1, -0.05) is 49.6 Å². The number of fused-ring (bicyclic) bond motifs is 1. The molecule has 1 saturated carbocycles. The lowest BCUT2D eigenvalue weighted by Crippen LogP contribution is -2.45. The molecule has 2 aromatic carbocycles. The van der Waals surface area contributed by atoms with Crippen molar-refractivity contribution in [1.82, 2.24) is 20.0 Å². The average molecular weight is 604 g/mol. The van der Waals surface area contributed by atoms with Gasteiger partial charge in [0, 0.05) is 37.4 Å². The van der Waals surface area contributed by atoms with Crippen LogP contribution in [0.5, 0.6) is 11.5 Å². The van der Waals surface area contributed by atoms with Crippen LogP contribution in [0.3, 0.4) is 0 Å². The SMILES string of the molecule is CCn1cc(-c2cccc(CCOCCC(=O)N(CCNCCc3ccc(O)c4c3OCC(=O)N4)C3CCCCC3)c2)cn1. The number of aryl methyl sites for hydroxylation is 1. The molecule has 1 aliphatic heterocycles. The average Bonchev–Trinajstić information content (AvgIpc) is 3.54. The second-order valence-electron chi connectivity index (χ2n) is 11.6. The summed E-state index contributed by atoms with van der Waals surface area (Å²) in [5, 5.41) is 20.6. The Bertz CT molecular complexity index is 1400. The molecule has 3 N–H and O–H groups in total. The van der Waals surface area contributed by atoms with Gasteiger partial charge < -0.3 is 30.1 Å². The molecule has 2 aliphatic rings. The molecule has 0 unspecified atom stereocenters. The Morgan fingerprint density at radius 2 is 2.00 bits per heavy atom. The van der Waals surface area contributed by atoms with E-state index >= 15 is 0 Å². The first-order chi connectivity index (χ1) is 21.5. The molecule has 1 aliphatic carbocycles. The zero-order valence-electron chi connectivity index (χ0n) is 25.7. The number of benzene rings is 2. The second-order valence-corrected chi connectivity index (χ2v) is 11.6. The van der Waals surface area contributed by atoms with Crippen molar-refractivity contribution in [3.63, 3.8) is 0 Å². The fourth-order valence-electron chi connectivity index (χ4n) is 6.05. The maximum absolute atomic E-state index is 13.3. The van der Waals surface area contributed by atoms with Gasteiger partial charge in [-0.15, -0.1) is 0 Å². The Kier molecular flexibility index (Phi) is 11.3. The van der Waals surface area contributed by atoms with Gasteiger partial charge >= 0.3 is 0 Å². The Balaban J connectivity index is 1.05. The standard InChI is InChI=1S/C34H45N5O5/c1-2-38-23-28(22-36-38)27-8-6-7-25(21-27)14-19-43-20-15-32(42)39(29-9-4-3-5-10-29)18-17-35-16-13-26-11-12-30(40)33-34(26)44-24-31(41)37-33/h6-8,11-12,21-23,29,35,40H,2-5,9-10,13-20,24H2,1H3,(H,37,41). The van der Waals surface area contributed by atoms with Crippen molar-refractivity contribution < 1.29 is 24.2 Å². The van der Waals surface area contributed by atoms with Crippen molar-refractivity contribution in [3.8, 4) is 22.6 Å². The van der Waals surface area contributed by atoms with Crippen LogP contribution in [0, 0.1) is 0 Å². The van der Waals surface area contributed by atoms with Crippen LogP contribution < -0.4 is 15.4 Å². The fourth-order valence-corrected chi connectivity index (χ4v) is 6.05. The van der Waals surface area contributed by atoms with Gasteiger partial charge in [0.25, 0.3) is 5.91 Å². The van der Waals surface area contributed by atoms with E-state index < -0.39 is 0 Å². The number of aromatic hydroxyl groups is 1. The zero-order valence-corrected chi connectivity index (χ0v) is 25.7. The number of anilines is 1. The van der Waals surface area contributed by atoms with Crippen LogP contribution in [0.15, 0.2) is 48.8 Å². The molecule has 0 saturated heterocycles. The van der Waals surface area contributed by atoms with Gasteiger partial charge in [0.15, 0.2) is 12.4 Å². The van der Waals surface area contributed by atoms with Crippen molar-refractivity contribution >= 4 is 17.5 Å². The summed E-state index contributed by atoms with van der Waals surface area (Å²) in [4.78, 5) is 27.1. The molecule has 0 radical (unpaired) electrons. The summed E-state index contributed by atoms with van der Waals surface area (Å²) >= 11 is 0. The summed E-state index contributed by atoms with van der Waals surface area (Å²) in [5.74, 6) is 0.413. The van der Waals surface area contributed by atoms with Crippen LogP contribution in [-0.4, -0.2) is 77.1 Å².